The van der Waals surface area contributed by atoms with Crippen LogP contribution in [0.2, 0.25) is 0 Å². The Kier molecular flexibility index (Phi) is 5.32. The Morgan fingerprint density at radius 2 is 1.88 bits per heavy atom. The van der Waals surface area contributed by atoms with Gasteiger partial charge >= 0.3 is 0 Å². The number of aromatic hydroxyl groups is 2. The molecule has 1 aliphatic heterocycles. The van der Waals surface area contributed by atoms with Gasteiger partial charge in [-0.05, 0) is 48.1 Å². The monoisotopic (exact) mass is 357 g/mol. The molecule has 1 saturated heterocycles. The van der Waals surface area contributed by atoms with Gasteiger partial charge in [-0.1, -0.05) is 18.2 Å². The van der Waals surface area contributed by atoms with E-state index in [2.05, 4.69) is 0 Å². The van der Waals surface area contributed by atoms with Gasteiger partial charge in [0.05, 0.1) is 7.11 Å². The number of piperidine rings is 1. The van der Waals surface area contributed by atoms with E-state index < -0.39 is 6.10 Å². The lowest BCUT2D eigenvalue weighted by Crippen LogP contribution is -2.40. The molecule has 0 spiro atoms. The van der Waals surface area contributed by atoms with Crippen molar-refractivity contribution in [2.45, 2.75) is 24.9 Å². The number of likely N-dealkylation sites (tertiary alicyclic amines) is 1. The third-order valence-corrected chi connectivity index (χ3v) is 4.90. The Hall–Kier alpha value is -2.73. The highest BCUT2D eigenvalue weighted by atomic mass is 16.5. The lowest BCUT2D eigenvalue weighted by atomic mass is 9.88. The van der Waals surface area contributed by atoms with E-state index in [0.717, 1.165) is 5.56 Å². The van der Waals surface area contributed by atoms with Crippen LogP contribution in [0.15, 0.2) is 42.5 Å². The van der Waals surface area contributed by atoms with Gasteiger partial charge in [-0.25, -0.2) is 0 Å². The number of aliphatic hydroxyl groups is 1. The van der Waals surface area contributed by atoms with E-state index in [1.54, 1.807) is 41.3 Å². The fourth-order valence-corrected chi connectivity index (χ4v) is 3.42. The second kappa shape index (κ2) is 7.66. The van der Waals surface area contributed by atoms with Crippen molar-refractivity contribution >= 4 is 5.91 Å². The average Bonchev–Trinajstić information content (AvgIpc) is 2.67. The summed E-state index contributed by atoms with van der Waals surface area (Å²) in [7, 11) is 1.54. The van der Waals surface area contributed by atoms with Crippen molar-refractivity contribution in [1.82, 2.24) is 4.90 Å². The van der Waals surface area contributed by atoms with E-state index in [4.69, 9.17) is 4.74 Å². The molecule has 0 bridgehead atoms. The first-order chi connectivity index (χ1) is 12.5. The minimum atomic E-state index is -1.22. The van der Waals surface area contributed by atoms with Crippen molar-refractivity contribution in [1.29, 1.82) is 0 Å². The summed E-state index contributed by atoms with van der Waals surface area (Å²) in [6.45, 7) is 1.01. The summed E-state index contributed by atoms with van der Waals surface area (Å²) >= 11 is 0. The SMILES string of the molecule is COc1cccc([C@@H](O)C(=O)N2CCC(c3ccc(O)cc3O)CC2)c1. The molecule has 0 unspecified atom stereocenters. The van der Waals surface area contributed by atoms with Crippen LogP contribution in [0.5, 0.6) is 17.2 Å². The summed E-state index contributed by atoms with van der Waals surface area (Å²) < 4.78 is 5.14. The van der Waals surface area contributed by atoms with Crippen molar-refractivity contribution in [3.05, 3.63) is 53.6 Å². The second-order valence-corrected chi connectivity index (χ2v) is 6.52. The Bertz CT molecular complexity index is 784. The number of phenols is 2. The molecule has 6 heteroatoms. The minimum Gasteiger partial charge on any atom is -0.508 e. The van der Waals surface area contributed by atoms with E-state index >= 15 is 0 Å². The van der Waals surface area contributed by atoms with E-state index in [1.165, 1.54) is 13.2 Å². The molecule has 138 valence electrons. The molecule has 3 N–H and O–H groups in total. The number of carbonyl (C=O) groups excluding carboxylic acids is 1. The zero-order valence-corrected chi connectivity index (χ0v) is 14.6. The molecule has 2 aromatic rings. The molecule has 0 aliphatic carbocycles. The van der Waals surface area contributed by atoms with E-state index in [1.807, 2.05) is 0 Å². The molecule has 1 amide bonds. The first-order valence-electron chi connectivity index (χ1n) is 8.62. The second-order valence-electron chi connectivity index (χ2n) is 6.52. The molecule has 2 aromatic carbocycles. The van der Waals surface area contributed by atoms with Crippen LogP contribution in [0.3, 0.4) is 0 Å². The van der Waals surface area contributed by atoms with Crippen LogP contribution in [0.4, 0.5) is 0 Å². The molecule has 1 fully saturated rings. The van der Waals surface area contributed by atoms with Gasteiger partial charge in [0, 0.05) is 19.2 Å². The number of hydrogen-bond donors (Lipinski definition) is 3. The highest BCUT2D eigenvalue weighted by Gasteiger charge is 2.29. The maximum Gasteiger partial charge on any atom is 0.256 e. The zero-order chi connectivity index (χ0) is 18.7. The van der Waals surface area contributed by atoms with Gasteiger partial charge in [0.1, 0.15) is 17.2 Å². The third-order valence-electron chi connectivity index (χ3n) is 4.90. The summed E-state index contributed by atoms with van der Waals surface area (Å²) in [5, 5.41) is 29.8. The number of methoxy groups -OCH3 is 1. The van der Waals surface area contributed by atoms with Crippen LogP contribution in [0, 0.1) is 0 Å². The predicted molar refractivity (Wildman–Crippen MR) is 96.3 cm³/mol. The number of aliphatic hydroxyl groups excluding tert-OH is 1. The largest absolute Gasteiger partial charge is 0.508 e. The zero-order valence-electron chi connectivity index (χ0n) is 14.6. The van der Waals surface area contributed by atoms with Crippen molar-refractivity contribution in [3.63, 3.8) is 0 Å². The number of rotatable bonds is 4. The summed E-state index contributed by atoms with van der Waals surface area (Å²) in [5.74, 6) is 0.488. The smallest absolute Gasteiger partial charge is 0.256 e. The van der Waals surface area contributed by atoms with Gasteiger partial charge in [-0.15, -0.1) is 0 Å². The van der Waals surface area contributed by atoms with Crippen LogP contribution in [-0.4, -0.2) is 46.3 Å². The summed E-state index contributed by atoms with van der Waals surface area (Å²) in [4.78, 5) is 14.3. The number of phenolic OH excluding ortho intramolecular Hbond substituents is 2. The predicted octanol–water partition coefficient (Wildman–Crippen LogP) is 2.55. The molecule has 0 radical (unpaired) electrons. The van der Waals surface area contributed by atoms with Gasteiger partial charge in [0.25, 0.3) is 5.91 Å². The number of benzene rings is 2. The van der Waals surface area contributed by atoms with Crippen LogP contribution < -0.4 is 4.74 Å². The first-order valence-corrected chi connectivity index (χ1v) is 8.62. The van der Waals surface area contributed by atoms with Crippen molar-refractivity contribution in [2.24, 2.45) is 0 Å². The first kappa shape index (κ1) is 18.1. The highest BCUT2D eigenvalue weighted by molar-refractivity contribution is 5.82. The topological polar surface area (TPSA) is 90.2 Å². The lowest BCUT2D eigenvalue weighted by Gasteiger charge is -2.33. The maximum absolute atomic E-state index is 12.6. The Balaban J connectivity index is 1.64. The fraction of sp³-hybridized carbons (Fsp3) is 0.350. The van der Waals surface area contributed by atoms with Gasteiger partial charge in [0.15, 0.2) is 6.10 Å². The van der Waals surface area contributed by atoms with Crippen LogP contribution >= 0.6 is 0 Å². The molecule has 26 heavy (non-hydrogen) atoms. The highest BCUT2D eigenvalue weighted by Crippen LogP contribution is 2.36. The van der Waals surface area contributed by atoms with Crippen molar-refractivity contribution < 1.29 is 24.9 Å². The van der Waals surface area contributed by atoms with E-state index in [0.29, 0.717) is 37.2 Å². The van der Waals surface area contributed by atoms with Crippen LogP contribution in [0.1, 0.15) is 36.0 Å². The van der Waals surface area contributed by atoms with Crippen molar-refractivity contribution in [3.8, 4) is 17.2 Å². The van der Waals surface area contributed by atoms with E-state index in [9.17, 15) is 20.1 Å². The summed E-state index contributed by atoms with van der Waals surface area (Å²) in [6.07, 6.45) is 0.160. The molecule has 0 saturated carbocycles. The summed E-state index contributed by atoms with van der Waals surface area (Å²) in [5.41, 5.74) is 1.29. The lowest BCUT2D eigenvalue weighted by molar-refractivity contribution is -0.141. The van der Waals surface area contributed by atoms with Gasteiger partial charge in [0.2, 0.25) is 0 Å². The number of hydrogen-bond acceptors (Lipinski definition) is 5. The van der Waals surface area contributed by atoms with Gasteiger partial charge < -0.3 is 25.0 Å². The normalized spacial score (nSPS) is 16.3. The Morgan fingerprint density at radius 3 is 2.54 bits per heavy atom. The molecular weight excluding hydrogens is 334 g/mol. The number of ether oxygens (including phenoxy) is 1. The number of amides is 1. The molecule has 6 nitrogen and oxygen atoms in total. The molecular formula is C20H23NO5. The molecule has 1 aliphatic rings. The maximum atomic E-state index is 12.6. The third kappa shape index (κ3) is 3.75. The Labute approximate surface area is 152 Å². The number of carbonyl (C=O) groups is 1. The molecule has 0 aromatic heterocycles. The van der Waals surface area contributed by atoms with E-state index in [-0.39, 0.29) is 23.3 Å². The quantitative estimate of drug-likeness (QED) is 0.782. The molecule has 1 heterocycles. The number of nitrogens with zero attached hydrogens (tertiary/aromatic N) is 1. The van der Waals surface area contributed by atoms with Gasteiger partial charge in [-0.2, -0.15) is 0 Å². The standard InChI is InChI=1S/C20H23NO5/c1-26-16-4-2-3-14(11-16)19(24)20(25)21-9-7-13(8-10-21)17-6-5-15(22)12-18(17)23/h2-6,11-13,19,22-24H,7-10H2,1H3/t19-/m1/s1. The fourth-order valence-electron chi connectivity index (χ4n) is 3.42. The Morgan fingerprint density at radius 1 is 1.15 bits per heavy atom. The molecule has 3 rings (SSSR count). The van der Waals surface area contributed by atoms with Crippen molar-refractivity contribution in [2.75, 3.05) is 20.2 Å². The minimum absolute atomic E-state index is 0.0280. The molecule has 1 atom stereocenters. The van der Waals surface area contributed by atoms with Crippen LogP contribution in [0.25, 0.3) is 0 Å². The van der Waals surface area contributed by atoms with Crippen LogP contribution in [-0.2, 0) is 4.79 Å². The van der Waals surface area contributed by atoms with Gasteiger partial charge in [-0.3, -0.25) is 4.79 Å². The summed E-state index contributed by atoms with van der Waals surface area (Å²) in [6, 6.07) is 11.5. The average molecular weight is 357 g/mol.